The standard InChI is InChI=1S/C22H14N2O6/c25-20-17-9-2-3-10-18(17)21(26)23(20)16-8-5-7-14(12-16)22(27)30-13-15-6-1-4-11-19(15)24(28)29/h1-12H,13H2. The van der Waals surface area contributed by atoms with E-state index in [1.807, 2.05) is 0 Å². The van der Waals surface area contributed by atoms with Crippen LogP contribution in [-0.2, 0) is 11.3 Å². The molecule has 3 aromatic rings. The van der Waals surface area contributed by atoms with Crippen molar-refractivity contribution in [1.29, 1.82) is 0 Å². The highest BCUT2D eigenvalue weighted by atomic mass is 16.6. The number of amides is 2. The minimum atomic E-state index is -0.730. The molecule has 0 saturated heterocycles. The Morgan fingerprint density at radius 3 is 2.20 bits per heavy atom. The number of carbonyl (C=O) groups excluding carboxylic acids is 3. The van der Waals surface area contributed by atoms with Crippen molar-refractivity contribution in [3.8, 4) is 0 Å². The summed E-state index contributed by atoms with van der Waals surface area (Å²) < 4.78 is 5.21. The SMILES string of the molecule is O=C(OCc1ccccc1[N+](=O)[O-])c1cccc(N2C(=O)c3ccccc3C2=O)c1. The van der Waals surface area contributed by atoms with Crippen LogP contribution in [-0.4, -0.2) is 22.7 Å². The number of nitro benzene ring substituents is 1. The van der Waals surface area contributed by atoms with Crippen molar-refractivity contribution in [1.82, 2.24) is 0 Å². The second-order valence-electron chi connectivity index (χ2n) is 6.50. The molecule has 8 nitrogen and oxygen atoms in total. The number of rotatable bonds is 5. The Balaban J connectivity index is 1.55. The molecule has 0 N–H and O–H groups in total. The van der Waals surface area contributed by atoms with Gasteiger partial charge in [0.1, 0.15) is 6.61 Å². The van der Waals surface area contributed by atoms with Crippen LogP contribution in [0.15, 0.2) is 72.8 Å². The molecular formula is C22H14N2O6. The fourth-order valence-electron chi connectivity index (χ4n) is 3.23. The first-order valence-corrected chi connectivity index (χ1v) is 8.94. The third kappa shape index (κ3) is 3.30. The quantitative estimate of drug-likeness (QED) is 0.278. The van der Waals surface area contributed by atoms with Crippen LogP contribution in [0.2, 0.25) is 0 Å². The number of hydrogen-bond donors (Lipinski definition) is 0. The third-order valence-electron chi connectivity index (χ3n) is 4.68. The molecule has 0 aliphatic carbocycles. The number of benzene rings is 3. The van der Waals surface area contributed by atoms with Crippen LogP contribution in [0.1, 0.15) is 36.6 Å². The van der Waals surface area contributed by atoms with Crippen LogP contribution in [0.5, 0.6) is 0 Å². The molecule has 0 radical (unpaired) electrons. The maximum Gasteiger partial charge on any atom is 0.338 e. The summed E-state index contributed by atoms with van der Waals surface area (Å²) in [6, 6.07) is 18.4. The van der Waals surface area contributed by atoms with Gasteiger partial charge in [-0.2, -0.15) is 0 Å². The summed E-state index contributed by atoms with van der Waals surface area (Å²) in [6.45, 7) is -0.284. The number of fused-ring (bicyclic) bond motifs is 1. The van der Waals surface area contributed by atoms with E-state index in [4.69, 9.17) is 4.74 Å². The summed E-state index contributed by atoms with van der Waals surface area (Å²) in [4.78, 5) is 49.3. The van der Waals surface area contributed by atoms with Crippen LogP contribution in [0, 0.1) is 10.1 Å². The van der Waals surface area contributed by atoms with E-state index in [2.05, 4.69) is 0 Å². The first kappa shape index (κ1) is 19.0. The lowest BCUT2D eigenvalue weighted by molar-refractivity contribution is -0.385. The van der Waals surface area contributed by atoms with Crippen molar-refractivity contribution >= 4 is 29.2 Å². The first-order valence-electron chi connectivity index (χ1n) is 8.94. The van der Waals surface area contributed by atoms with E-state index in [1.165, 1.54) is 36.4 Å². The minimum absolute atomic E-state index is 0.114. The molecule has 8 heteroatoms. The smallest absolute Gasteiger partial charge is 0.338 e. The van der Waals surface area contributed by atoms with Crippen LogP contribution in [0.4, 0.5) is 11.4 Å². The zero-order chi connectivity index (χ0) is 21.3. The van der Waals surface area contributed by atoms with E-state index < -0.39 is 22.7 Å². The molecule has 4 rings (SSSR count). The van der Waals surface area contributed by atoms with Crippen molar-refractivity contribution < 1.29 is 24.0 Å². The van der Waals surface area contributed by atoms with Gasteiger partial charge < -0.3 is 4.74 Å². The van der Waals surface area contributed by atoms with Crippen LogP contribution >= 0.6 is 0 Å². The van der Waals surface area contributed by atoms with E-state index in [0.29, 0.717) is 11.1 Å². The molecule has 0 unspecified atom stereocenters. The monoisotopic (exact) mass is 402 g/mol. The van der Waals surface area contributed by atoms with Crippen LogP contribution < -0.4 is 4.90 Å². The highest BCUT2D eigenvalue weighted by Crippen LogP contribution is 2.29. The van der Waals surface area contributed by atoms with Gasteiger partial charge in [0.25, 0.3) is 17.5 Å². The van der Waals surface area contributed by atoms with Crippen molar-refractivity contribution in [2.45, 2.75) is 6.61 Å². The number of esters is 1. The first-order chi connectivity index (χ1) is 14.5. The van der Waals surface area contributed by atoms with Gasteiger partial charge in [-0.3, -0.25) is 19.7 Å². The summed E-state index contributed by atoms with van der Waals surface area (Å²) in [6.07, 6.45) is 0. The summed E-state index contributed by atoms with van der Waals surface area (Å²) >= 11 is 0. The second kappa shape index (κ2) is 7.59. The highest BCUT2D eigenvalue weighted by Gasteiger charge is 2.36. The summed E-state index contributed by atoms with van der Waals surface area (Å²) in [5.41, 5.74) is 1.06. The lowest BCUT2D eigenvalue weighted by atomic mass is 10.1. The Morgan fingerprint density at radius 1 is 0.900 bits per heavy atom. The topological polar surface area (TPSA) is 107 Å². The average molecular weight is 402 g/mol. The molecular weight excluding hydrogens is 388 g/mol. The molecule has 1 heterocycles. The summed E-state index contributed by atoms with van der Waals surface area (Å²) in [7, 11) is 0. The lowest BCUT2D eigenvalue weighted by Crippen LogP contribution is -2.29. The van der Waals surface area contributed by atoms with Crippen LogP contribution in [0.3, 0.4) is 0 Å². The average Bonchev–Trinajstić information content (AvgIpc) is 3.02. The molecule has 1 aliphatic heterocycles. The Bertz CT molecular complexity index is 1170. The van der Waals surface area contributed by atoms with Crippen molar-refractivity contribution in [3.05, 3.63) is 105 Å². The second-order valence-corrected chi connectivity index (χ2v) is 6.50. The molecule has 0 fully saturated rings. The van der Waals surface area contributed by atoms with Gasteiger partial charge in [-0.05, 0) is 36.4 Å². The number of carbonyl (C=O) groups is 3. The largest absolute Gasteiger partial charge is 0.457 e. The number of anilines is 1. The van der Waals surface area contributed by atoms with Crippen LogP contribution in [0.25, 0.3) is 0 Å². The van der Waals surface area contributed by atoms with Gasteiger partial charge in [-0.25, -0.2) is 9.69 Å². The van der Waals surface area contributed by atoms with E-state index in [0.717, 1.165) is 4.90 Å². The number of nitro groups is 1. The molecule has 0 atom stereocenters. The molecule has 148 valence electrons. The number of nitrogens with zero attached hydrogens (tertiary/aromatic N) is 2. The molecule has 0 bridgehead atoms. The lowest BCUT2D eigenvalue weighted by Gasteiger charge is -2.15. The Hall–Kier alpha value is -4.33. The summed E-state index contributed by atoms with van der Waals surface area (Å²) in [5, 5.41) is 11.1. The predicted octanol–water partition coefficient (Wildman–Crippen LogP) is 3.75. The Labute approximate surface area is 170 Å². The number of hydrogen-bond acceptors (Lipinski definition) is 6. The molecule has 1 aliphatic rings. The third-order valence-corrected chi connectivity index (χ3v) is 4.68. The van der Waals surface area contributed by atoms with Crippen molar-refractivity contribution in [2.24, 2.45) is 0 Å². The van der Waals surface area contributed by atoms with Gasteiger partial charge >= 0.3 is 5.97 Å². The molecule has 3 aromatic carbocycles. The van der Waals surface area contributed by atoms with E-state index >= 15 is 0 Å². The number of ether oxygens (including phenoxy) is 1. The predicted molar refractivity (Wildman–Crippen MR) is 106 cm³/mol. The zero-order valence-electron chi connectivity index (χ0n) is 15.5. The van der Waals surface area contributed by atoms with Gasteiger partial charge in [0.05, 0.1) is 32.9 Å². The van der Waals surface area contributed by atoms with Crippen molar-refractivity contribution in [2.75, 3.05) is 4.90 Å². The van der Waals surface area contributed by atoms with Gasteiger partial charge in [-0.15, -0.1) is 0 Å². The van der Waals surface area contributed by atoms with Gasteiger partial charge in [-0.1, -0.05) is 30.3 Å². The molecule has 0 aromatic heterocycles. The zero-order valence-corrected chi connectivity index (χ0v) is 15.5. The fraction of sp³-hybridized carbons (Fsp3) is 0.0455. The van der Waals surface area contributed by atoms with Gasteiger partial charge in [0, 0.05) is 6.07 Å². The highest BCUT2D eigenvalue weighted by molar-refractivity contribution is 6.34. The number of imide groups is 1. The van der Waals surface area contributed by atoms with Crippen molar-refractivity contribution in [3.63, 3.8) is 0 Å². The number of para-hydroxylation sites is 1. The fourth-order valence-corrected chi connectivity index (χ4v) is 3.23. The van der Waals surface area contributed by atoms with E-state index in [1.54, 1.807) is 36.4 Å². The van der Waals surface area contributed by atoms with E-state index in [9.17, 15) is 24.5 Å². The molecule has 0 spiro atoms. The molecule has 0 saturated carbocycles. The van der Waals surface area contributed by atoms with Gasteiger partial charge in [0.15, 0.2) is 0 Å². The normalized spacial score (nSPS) is 12.6. The summed E-state index contributed by atoms with van der Waals surface area (Å²) in [5.74, 6) is -1.67. The Morgan fingerprint density at radius 2 is 1.53 bits per heavy atom. The maximum atomic E-state index is 12.6. The molecule has 2 amide bonds. The maximum absolute atomic E-state index is 12.6. The van der Waals surface area contributed by atoms with Gasteiger partial charge in [0.2, 0.25) is 0 Å². The minimum Gasteiger partial charge on any atom is -0.457 e. The molecule has 30 heavy (non-hydrogen) atoms. The Kier molecular flexibility index (Phi) is 4.81. The van der Waals surface area contributed by atoms with E-state index in [-0.39, 0.29) is 29.1 Å².